The van der Waals surface area contributed by atoms with Gasteiger partial charge in [-0.05, 0) is 92.8 Å². The van der Waals surface area contributed by atoms with Crippen LogP contribution in [0.2, 0.25) is 0 Å². The fourth-order valence-electron chi connectivity index (χ4n) is 7.11. The van der Waals surface area contributed by atoms with Crippen LogP contribution >= 0.6 is 0 Å². The van der Waals surface area contributed by atoms with E-state index in [2.05, 4.69) is 127 Å². The van der Waals surface area contributed by atoms with Gasteiger partial charge in [0.15, 0.2) is 11.4 Å². The van der Waals surface area contributed by atoms with Crippen molar-refractivity contribution < 1.29 is 4.42 Å². The molecule has 51 heavy (non-hydrogen) atoms. The number of furan rings is 1. The Kier molecular flexibility index (Phi) is 6.78. The van der Waals surface area contributed by atoms with Crippen molar-refractivity contribution in [1.82, 2.24) is 15.0 Å². The molecule has 4 heteroatoms. The van der Waals surface area contributed by atoms with E-state index in [-0.39, 0.29) is 0 Å². The lowest BCUT2D eigenvalue weighted by atomic mass is 9.94. The predicted molar refractivity (Wildman–Crippen MR) is 209 cm³/mol. The van der Waals surface area contributed by atoms with Crippen LogP contribution in [0.15, 0.2) is 180 Å². The largest absolute Gasteiger partial charge is 0.454 e. The summed E-state index contributed by atoms with van der Waals surface area (Å²) in [5.74, 6) is 0.651. The summed E-state index contributed by atoms with van der Waals surface area (Å²) >= 11 is 0. The number of hydrogen-bond acceptors (Lipinski definition) is 4. The molecule has 3 heterocycles. The number of pyridine rings is 1. The zero-order valence-electron chi connectivity index (χ0n) is 27.5. The highest BCUT2D eigenvalue weighted by molar-refractivity contribution is 6.07. The molecule has 238 valence electrons. The number of para-hydroxylation sites is 1. The maximum atomic E-state index is 6.48. The number of benzene rings is 7. The van der Waals surface area contributed by atoms with E-state index in [4.69, 9.17) is 19.4 Å². The van der Waals surface area contributed by atoms with Crippen LogP contribution in [0.25, 0.3) is 99.8 Å². The summed E-state index contributed by atoms with van der Waals surface area (Å²) in [6, 6.07) is 59.2. The zero-order valence-corrected chi connectivity index (χ0v) is 27.5. The molecule has 4 nitrogen and oxygen atoms in total. The van der Waals surface area contributed by atoms with Gasteiger partial charge in [0, 0.05) is 33.8 Å². The maximum Gasteiger partial charge on any atom is 0.161 e. The van der Waals surface area contributed by atoms with Gasteiger partial charge in [-0.1, -0.05) is 115 Å². The first kappa shape index (κ1) is 29.0. The molecule has 0 aliphatic carbocycles. The van der Waals surface area contributed by atoms with Gasteiger partial charge in [0.05, 0.1) is 11.4 Å². The minimum Gasteiger partial charge on any atom is -0.454 e. The van der Waals surface area contributed by atoms with Crippen LogP contribution < -0.4 is 0 Å². The first-order valence-electron chi connectivity index (χ1n) is 17.1. The average molecular weight is 652 g/mol. The Morgan fingerprint density at radius 1 is 0.392 bits per heavy atom. The topological polar surface area (TPSA) is 51.8 Å². The molecule has 0 N–H and O–H groups in total. The summed E-state index contributed by atoms with van der Waals surface area (Å²) in [5, 5.41) is 5.76. The van der Waals surface area contributed by atoms with Gasteiger partial charge in [-0.25, -0.2) is 9.97 Å². The van der Waals surface area contributed by atoms with Crippen LogP contribution in [0, 0.1) is 0 Å². The molecule has 0 amide bonds. The van der Waals surface area contributed by atoms with Crippen LogP contribution in [-0.4, -0.2) is 15.0 Å². The third-order valence-electron chi connectivity index (χ3n) is 9.68. The number of nitrogens with zero attached hydrogens (tertiary/aromatic N) is 3. The highest BCUT2D eigenvalue weighted by atomic mass is 16.3. The van der Waals surface area contributed by atoms with Crippen molar-refractivity contribution in [1.29, 1.82) is 0 Å². The van der Waals surface area contributed by atoms with Crippen molar-refractivity contribution in [2.75, 3.05) is 0 Å². The van der Waals surface area contributed by atoms with E-state index in [0.29, 0.717) is 5.82 Å². The summed E-state index contributed by atoms with van der Waals surface area (Å²) in [7, 11) is 0. The minimum absolute atomic E-state index is 0.651. The van der Waals surface area contributed by atoms with Crippen LogP contribution in [0.1, 0.15) is 0 Å². The van der Waals surface area contributed by atoms with E-state index in [1.54, 1.807) is 0 Å². The van der Waals surface area contributed by atoms with Gasteiger partial charge in [-0.2, -0.15) is 0 Å². The summed E-state index contributed by atoms with van der Waals surface area (Å²) < 4.78 is 6.48. The van der Waals surface area contributed by atoms with Crippen molar-refractivity contribution in [3.63, 3.8) is 0 Å². The quantitative estimate of drug-likeness (QED) is 0.186. The van der Waals surface area contributed by atoms with Crippen molar-refractivity contribution >= 4 is 43.6 Å². The van der Waals surface area contributed by atoms with Crippen LogP contribution in [0.3, 0.4) is 0 Å². The van der Waals surface area contributed by atoms with Gasteiger partial charge in [0.25, 0.3) is 0 Å². The van der Waals surface area contributed by atoms with E-state index in [1.807, 2.05) is 48.7 Å². The van der Waals surface area contributed by atoms with Crippen molar-refractivity contribution in [2.24, 2.45) is 0 Å². The number of aromatic nitrogens is 3. The van der Waals surface area contributed by atoms with E-state index >= 15 is 0 Å². The molecule has 10 rings (SSSR count). The Labute approximate surface area is 294 Å². The lowest BCUT2D eigenvalue weighted by molar-refractivity contribution is 0.669. The van der Waals surface area contributed by atoms with Gasteiger partial charge in [-0.3, -0.25) is 4.98 Å². The standard InChI is InChI=1S/C47H29N3O/c1-2-12-32(13-3-1)42-29-43(36-21-19-31-11-5-7-15-34(31)25-36)50-47(49-42)39-27-37(35-20-18-30-10-4-6-14-33(30)24-35)26-38(28-39)40-22-23-48-45-41-16-8-9-17-44(41)51-46(40)45/h1-29H. The fraction of sp³-hybridized carbons (Fsp3) is 0. The summed E-state index contributed by atoms with van der Waals surface area (Å²) in [5.41, 5.74) is 11.3. The Morgan fingerprint density at radius 3 is 1.78 bits per heavy atom. The normalized spacial score (nSPS) is 11.5. The zero-order chi connectivity index (χ0) is 33.7. The molecule has 0 bridgehead atoms. The Balaban J connectivity index is 1.23. The van der Waals surface area contributed by atoms with E-state index in [1.165, 1.54) is 21.5 Å². The predicted octanol–water partition coefficient (Wildman–Crippen LogP) is 12.4. The molecule has 0 unspecified atom stereocenters. The lowest BCUT2D eigenvalue weighted by Gasteiger charge is -2.14. The molecule has 0 fully saturated rings. The molecule has 0 saturated heterocycles. The summed E-state index contributed by atoms with van der Waals surface area (Å²) in [6.07, 6.45) is 1.87. The third-order valence-corrected chi connectivity index (χ3v) is 9.68. The van der Waals surface area contributed by atoms with E-state index in [9.17, 15) is 0 Å². The number of hydrogen-bond donors (Lipinski definition) is 0. The average Bonchev–Trinajstić information content (AvgIpc) is 3.59. The first-order chi connectivity index (χ1) is 25.2. The molecule has 0 spiro atoms. The monoisotopic (exact) mass is 651 g/mol. The SMILES string of the molecule is c1ccc(-c2cc(-c3ccc4ccccc4c3)nc(-c3cc(-c4ccc5ccccc5c4)cc(-c4ccnc5c4oc4ccccc45)c3)n2)cc1. The molecule has 10 aromatic rings. The van der Waals surface area contributed by atoms with Crippen molar-refractivity contribution in [3.05, 3.63) is 176 Å². The minimum atomic E-state index is 0.651. The van der Waals surface area contributed by atoms with Gasteiger partial charge in [0.1, 0.15) is 11.1 Å². The number of fused-ring (bicyclic) bond motifs is 5. The van der Waals surface area contributed by atoms with Gasteiger partial charge in [-0.15, -0.1) is 0 Å². The number of rotatable bonds is 5. The van der Waals surface area contributed by atoms with E-state index in [0.717, 1.165) is 72.4 Å². The fourth-order valence-corrected chi connectivity index (χ4v) is 7.11. The molecule has 0 saturated carbocycles. The Bertz CT molecular complexity index is 2930. The highest BCUT2D eigenvalue weighted by Crippen LogP contribution is 2.39. The first-order valence-corrected chi connectivity index (χ1v) is 17.1. The third kappa shape index (κ3) is 5.22. The Hall–Kier alpha value is -6.91. The molecule has 0 aliphatic rings. The molecule has 3 aromatic heterocycles. The molecular formula is C47H29N3O. The molecule has 0 radical (unpaired) electrons. The summed E-state index contributed by atoms with van der Waals surface area (Å²) in [4.78, 5) is 15.3. The van der Waals surface area contributed by atoms with Crippen molar-refractivity contribution in [2.45, 2.75) is 0 Å². The second kappa shape index (κ2) is 11.9. The second-order valence-corrected chi connectivity index (χ2v) is 12.9. The van der Waals surface area contributed by atoms with Crippen LogP contribution in [0.4, 0.5) is 0 Å². The Morgan fingerprint density at radius 2 is 1.00 bits per heavy atom. The molecule has 0 aliphatic heterocycles. The van der Waals surface area contributed by atoms with E-state index < -0.39 is 0 Å². The molecule has 7 aromatic carbocycles. The second-order valence-electron chi connectivity index (χ2n) is 12.9. The summed E-state index contributed by atoms with van der Waals surface area (Å²) in [6.45, 7) is 0. The lowest BCUT2D eigenvalue weighted by Crippen LogP contribution is -1.97. The van der Waals surface area contributed by atoms with Gasteiger partial charge in [0.2, 0.25) is 0 Å². The maximum absolute atomic E-state index is 6.48. The van der Waals surface area contributed by atoms with Gasteiger partial charge < -0.3 is 4.42 Å². The molecule has 0 atom stereocenters. The molecular weight excluding hydrogens is 623 g/mol. The highest BCUT2D eigenvalue weighted by Gasteiger charge is 2.18. The van der Waals surface area contributed by atoms with Crippen LogP contribution in [0.5, 0.6) is 0 Å². The smallest absolute Gasteiger partial charge is 0.161 e. The van der Waals surface area contributed by atoms with Gasteiger partial charge >= 0.3 is 0 Å². The van der Waals surface area contributed by atoms with Crippen molar-refractivity contribution in [3.8, 4) is 56.2 Å². The van der Waals surface area contributed by atoms with Crippen LogP contribution in [-0.2, 0) is 0 Å².